The zero-order valence-corrected chi connectivity index (χ0v) is 7.39. The maximum absolute atomic E-state index is 10.3. The van der Waals surface area contributed by atoms with Crippen LogP contribution in [0.4, 0.5) is 0 Å². The molecule has 0 aromatic rings. The summed E-state index contributed by atoms with van der Waals surface area (Å²) in [6.45, 7) is 4.22. The Morgan fingerprint density at radius 1 is 1.36 bits per heavy atom. The van der Waals surface area contributed by atoms with E-state index in [1.54, 1.807) is 0 Å². The topological polar surface area (TPSA) is 17.1 Å². The van der Waals surface area contributed by atoms with E-state index in [0.717, 1.165) is 19.1 Å². The maximum Gasteiger partial charge on any atom is 0.120 e. The van der Waals surface area contributed by atoms with Gasteiger partial charge in [0.15, 0.2) is 0 Å². The predicted octanol–water partition coefficient (Wildman–Crippen LogP) is 2.71. The molecule has 0 aromatic heterocycles. The minimum atomic E-state index is 0.388. The van der Waals surface area contributed by atoms with Gasteiger partial charge in [0.05, 0.1) is 0 Å². The molecule has 0 radical (unpaired) electrons. The van der Waals surface area contributed by atoms with Crippen LogP contribution in [0.3, 0.4) is 0 Å². The molecule has 1 fully saturated rings. The van der Waals surface area contributed by atoms with Gasteiger partial charge in [-0.05, 0) is 38.5 Å². The lowest BCUT2D eigenvalue weighted by Gasteiger charge is -2.06. The first-order valence-electron chi connectivity index (χ1n) is 4.26. The van der Waals surface area contributed by atoms with E-state index in [9.17, 15) is 4.79 Å². The number of rotatable bonds is 4. The highest BCUT2D eigenvalue weighted by Crippen LogP contribution is 2.51. The number of carbonyl (C=O) groups is 1. The molecule has 11 heavy (non-hydrogen) atoms. The Hall–Kier alpha value is -0.590. The summed E-state index contributed by atoms with van der Waals surface area (Å²) in [5.41, 5.74) is 1.75. The highest BCUT2D eigenvalue weighted by Gasteiger charge is 2.40. The van der Waals surface area contributed by atoms with Crippen LogP contribution in [0, 0.1) is 5.41 Å². The molecule has 0 bridgehead atoms. The highest BCUT2D eigenvalue weighted by atomic mass is 16.1. The van der Waals surface area contributed by atoms with E-state index in [0.29, 0.717) is 5.41 Å². The standard InChI is InChI=1S/C10H16O/c1-9(2)3-4-10(5-6-10)7-8-11/h3,8H,4-7H2,1-2H3. The van der Waals surface area contributed by atoms with Crippen LogP contribution in [0.2, 0.25) is 0 Å². The summed E-state index contributed by atoms with van der Waals surface area (Å²) in [5, 5.41) is 0. The molecule has 1 nitrogen and oxygen atoms in total. The Labute approximate surface area is 68.5 Å². The number of aldehydes is 1. The molecule has 0 aromatic carbocycles. The molecule has 0 heterocycles. The second-order valence-corrected chi connectivity index (χ2v) is 3.86. The Balaban J connectivity index is 2.35. The fourth-order valence-electron chi connectivity index (χ4n) is 1.27. The molecule has 0 amide bonds. The van der Waals surface area contributed by atoms with E-state index in [1.807, 2.05) is 0 Å². The zero-order chi connectivity index (χ0) is 8.32. The molecule has 1 aliphatic carbocycles. The van der Waals surface area contributed by atoms with E-state index in [2.05, 4.69) is 19.9 Å². The minimum absolute atomic E-state index is 0.388. The Kier molecular flexibility index (Phi) is 2.48. The number of hydrogen-bond acceptors (Lipinski definition) is 1. The molecule has 0 N–H and O–H groups in total. The molecular formula is C10H16O. The zero-order valence-electron chi connectivity index (χ0n) is 7.39. The summed E-state index contributed by atoms with van der Waals surface area (Å²) in [7, 11) is 0. The quantitative estimate of drug-likeness (QED) is 0.447. The molecule has 0 atom stereocenters. The predicted molar refractivity (Wildman–Crippen MR) is 46.4 cm³/mol. The molecule has 0 spiro atoms. The van der Waals surface area contributed by atoms with Crippen LogP contribution in [0.1, 0.15) is 39.5 Å². The number of carbonyl (C=O) groups excluding carboxylic acids is 1. The molecule has 62 valence electrons. The van der Waals surface area contributed by atoms with Gasteiger partial charge in [-0.2, -0.15) is 0 Å². The van der Waals surface area contributed by atoms with Crippen LogP contribution in [0.5, 0.6) is 0 Å². The first kappa shape index (κ1) is 8.51. The SMILES string of the molecule is CC(C)=CCC1(CC=O)CC1. The second-order valence-electron chi connectivity index (χ2n) is 3.86. The van der Waals surface area contributed by atoms with E-state index in [-0.39, 0.29) is 0 Å². The Bertz CT molecular complexity index is 171. The van der Waals surface area contributed by atoms with Crippen LogP contribution >= 0.6 is 0 Å². The number of allylic oxidation sites excluding steroid dienone is 2. The van der Waals surface area contributed by atoms with Gasteiger partial charge in [0, 0.05) is 6.42 Å². The first-order chi connectivity index (χ1) is 5.18. The van der Waals surface area contributed by atoms with Crippen molar-refractivity contribution in [3.8, 4) is 0 Å². The normalized spacial score (nSPS) is 19.1. The molecule has 0 unspecified atom stereocenters. The van der Waals surface area contributed by atoms with Gasteiger partial charge < -0.3 is 4.79 Å². The third kappa shape index (κ3) is 2.49. The third-order valence-corrected chi connectivity index (χ3v) is 2.42. The van der Waals surface area contributed by atoms with Crippen LogP contribution in [0.15, 0.2) is 11.6 Å². The summed E-state index contributed by atoms with van der Waals surface area (Å²) in [6, 6.07) is 0. The van der Waals surface area contributed by atoms with E-state index < -0.39 is 0 Å². The molecule has 1 rings (SSSR count). The highest BCUT2D eigenvalue weighted by molar-refractivity contribution is 5.51. The lowest BCUT2D eigenvalue weighted by molar-refractivity contribution is -0.108. The molecule has 1 aliphatic rings. The monoisotopic (exact) mass is 152 g/mol. The average molecular weight is 152 g/mol. The van der Waals surface area contributed by atoms with Gasteiger partial charge in [0.25, 0.3) is 0 Å². The van der Waals surface area contributed by atoms with Crippen molar-refractivity contribution < 1.29 is 4.79 Å². The average Bonchev–Trinajstić information content (AvgIpc) is 2.67. The lowest BCUT2D eigenvalue weighted by atomic mass is 9.98. The summed E-state index contributed by atoms with van der Waals surface area (Å²) in [5.74, 6) is 0. The van der Waals surface area contributed by atoms with Crippen molar-refractivity contribution in [2.45, 2.75) is 39.5 Å². The van der Waals surface area contributed by atoms with Gasteiger partial charge in [0.1, 0.15) is 6.29 Å². The Morgan fingerprint density at radius 3 is 2.36 bits per heavy atom. The fourth-order valence-corrected chi connectivity index (χ4v) is 1.27. The van der Waals surface area contributed by atoms with E-state index in [4.69, 9.17) is 0 Å². The van der Waals surface area contributed by atoms with Crippen molar-refractivity contribution in [2.75, 3.05) is 0 Å². The van der Waals surface area contributed by atoms with Gasteiger partial charge in [-0.3, -0.25) is 0 Å². The molecular weight excluding hydrogens is 136 g/mol. The Morgan fingerprint density at radius 2 is 2.00 bits per heavy atom. The van der Waals surface area contributed by atoms with Crippen LogP contribution in [-0.2, 0) is 4.79 Å². The van der Waals surface area contributed by atoms with Gasteiger partial charge >= 0.3 is 0 Å². The second kappa shape index (κ2) is 3.21. The molecule has 1 heteroatoms. The van der Waals surface area contributed by atoms with Crippen LogP contribution in [-0.4, -0.2) is 6.29 Å². The third-order valence-electron chi connectivity index (χ3n) is 2.42. The molecule has 0 aliphatic heterocycles. The summed E-state index contributed by atoms with van der Waals surface area (Å²) in [4.78, 5) is 10.3. The largest absolute Gasteiger partial charge is 0.303 e. The lowest BCUT2D eigenvalue weighted by Crippen LogP contribution is -1.98. The van der Waals surface area contributed by atoms with Gasteiger partial charge in [-0.25, -0.2) is 0 Å². The maximum atomic E-state index is 10.3. The molecule has 1 saturated carbocycles. The minimum Gasteiger partial charge on any atom is -0.303 e. The molecule has 0 saturated heterocycles. The van der Waals surface area contributed by atoms with Crippen LogP contribution < -0.4 is 0 Å². The smallest absolute Gasteiger partial charge is 0.120 e. The van der Waals surface area contributed by atoms with E-state index >= 15 is 0 Å². The van der Waals surface area contributed by atoms with Crippen molar-refractivity contribution in [3.05, 3.63) is 11.6 Å². The summed E-state index contributed by atoms with van der Waals surface area (Å²) in [6.07, 6.45) is 7.66. The van der Waals surface area contributed by atoms with Crippen molar-refractivity contribution in [2.24, 2.45) is 5.41 Å². The van der Waals surface area contributed by atoms with Crippen molar-refractivity contribution >= 4 is 6.29 Å². The fraction of sp³-hybridized carbons (Fsp3) is 0.700. The van der Waals surface area contributed by atoms with Gasteiger partial charge in [-0.1, -0.05) is 11.6 Å². The van der Waals surface area contributed by atoms with Gasteiger partial charge in [-0.15, -0.1) is 0 Å². The van der Waals surface area contributed by atoms with Crippen molar-refractivity contribution in [1.82, 2.24) is 0 Å². The van der Waals surface area contributed by atoms with Gasteiger partial charge in [0.2, 0.25) is 0 Å². The first-order valence-corrected chi connectivity index (χ1v) is 4.26. The summed E-state index contributed by atoms with van der Waals surface area (Å²) >= 11 is 0. The van der Waals surface area contributed by atoms with Crippen LogP contribution in [0.25, 0.3) is 0 Å². The summed E-state index contributed by atoms with van der Waals surface area (Å²) < 4.78 is 0. The van der Waals surface area contributed by atoms with E-state index in [1.165, 1.54) is 18.4 Å². The number of hydrogen-bond donors (Lipinski definition) is 0. The van der Waals surface area contributed by atoms with Crippen molar-refractivity contribution in [1.29, 1.82) is 0 Å². The van der Waals surface area contributed by atoms with Crippen molar-refractivity contribution in [3.63, 3.8) is 0 Å².